The van der Waals surface area contributed by atoms with Crippen molar-refractivity contribution in [1.82, 2.24) is 0 Å². The monoisotopic (exact) mass is 403 g/mol. The number of amides is 1. The van der Waals surface area contributed by atoms with Crippen molar-refractivity contribution in [2.75, 3.05) is 24.8 Å². The standard InChI is InChI=1S/C22H29NO4S/c1-22(2,3)17-8-12-19(13-9-17)27-16-6-7-21(24)23(4)18-10-14-20(15-11-18)28(5,25)26/h8-15H,6-7,16H2,1-5H3. The summed E-state index contributed by atoms with van der Waals surface area (Å²) in [7, 11) is -1.56. The minimum Gasteiger partial charge on any atom is -0.494 e. The smallest absolute Gasteiger partial charge is 0.226 e. The molecule has 0 aliphatic carbocycles. The van der Waals surface area contributed by atoms with Gasteiger partial charge in [-0.25, -0.2) is 8.42 Å². The third-order valence-electron chi connectivity index (χ3n) is 4.55. The van der Waals surface area contributed by atoms with E-state index >= 15 is 0 Å². The molecule has 2 aromatic rings. The molecule has 0 aliphatic rings. The normalized spacial score (nSPS) is 11.9. The maximum absolute atomic E-state index is 12.3. The highest BCUT2D eigenvalue weighted by atomic mass is 32.2. The number of carbonyl (C=O) groups excluding carboxylic acids is 1. The first kappa shape index (κ1) is 22.0. The van der Waals surface area contributed by atoms with Crippen molar-refractivity contribution in [2.24, 2.45) is 0 Å². The first-order valence-electron chi connectivity index (χ1n) is 9.28. The molecule has 1 amide bonds. The quantitative estimate of drug-likeness (QED) is 0.650. The Bertz CT molecular complexity index is 895. The molecule has 28 heavy (non-hydrogen) atoms. The number of anilines is 1. The molecule has 0 aliphatic heterocycles. The number of ether oxygens (including phenoxy) is 1. The van der Waals surface area contributed by atoms with E-state index in [2.05, 4.69) is 32.9 Å². The molecule has 0 saturated heterocycles. The Morgan fingerprint density at radius 3 is 2.07 bits per heavy atom. The molecular weight excluding hydrogens is 374 g/mol. The topological polar surface area (TPSA) is 63.7 Å². The predicted octanol–water partition coefficient (Wildman–Crippen LogP) is 4.21. The Hall–Kier alpha value is -2.34. The summed E-state index contributed by atoms with van der Waals surface area (Å²) >= 11 is 0. The molecule has 0 aromatic heterocycles. The summed E-state index contributed by atoms with van der Waals surface area (Å²) in [6.45, 7) is 6.96. The lowest BCUT2D eigenvalue weighted by Crippen LogP contribution is -2.26. The number of sulfone groups is 1. The Morgan fingerprint density at radius 2 is 1.57 bits per heavy atom. The minimum absolute atomic E-state index is 0.0428. The highest BCUT2D eigenvalue weighted by molar-refractivity contribution is 7.90. The van der Waals surface area contributed by atoms with Gasteiger partial charge in [0.1, 0.15) is 5.75 Å². The van der Waals surface area contributed by atoms with Crippen LogP contribution < -0.4 is 9.64 Å². The van der Waals surface area contributed by atoms with Gasteiger partial charge in [0.15, 0.2) is 9.84 Å². The van der Waals surface area contributed by atoms with Gasteiger partial charge in [-0.3, -0.25) is 4.79 Å². The molecule has 0 saturated carbocycles. The van der Waals surface area contributed by atoms with Crippen LogP contribution in [0.3, 0.4) is 0 Å². The second-order valence-corrected chi connectivity index (χ2v) is 9.96. The maximum atomic E-state index is 12.3. The maximum Gasteiger partial charge on any atom is 0.226 e. The molecule has 0 fully saturated rings. The number of hydrogen-bond acceptors (Lipinski definition) is 4. The van der Waals surface area contributed by atoms with Crippen LogP contribution in [0.15, 0.2) is 53.4 Å². The van der Waals surface area contributed by atoms with Crippen molar-refractivity contribution in [3.63, 3.8) is 0 Å². The summed E-state index contributed by atoms with van der Waals surface area (Å²) < 4.78 is 28.7. The average molecular weight is 404 g/mol. The van der Waals surface area contributed by atoms with Gasteiger partial charge in [-0.2, -0.15) is 0 Å². The molecule has 2 rings (SSSR count). The average Bonchev–Trinajstić information content (AvgIpc) is 2.63. The first-order valence-corrected chi connectivity index (χ1v) is 11.2. The molecule has 0 N–H and O–H groups in total. The van der Waals surface area contributed by atoms with Crippen molar-refractivity contribution in [3.05, 3.63) is 54.1 Å². The number of hydrogen-bond donors (Lipinski definition) is 0. The van der Waals surface area contributed by atoms with Crippen molar-refractivity contribution < 1.29 is 17.9 Å². The van der Waals surface area contributed by atoms with Crippen LogP contribution in [0, 0.1) is 0 Å². The zero-order chi connectivity index (χ0) is 20.9. The van der Waals surface area contributed by atoms with Gasteiger partial charge in [0.25, 0.3) is 0 Å². The molecule has 5 nitrogen and oxygen atoms in total. The van der Waals surface area contributed by atoms with Crippen LogP contribution in [-0.2, 0) is 20.0 Å². The highest BCUT2D eigenvalue weighted by Gasteiger charge is 2.14. The third-order valence-corrected chi connectivity index (χ3v) is 5.68. The summed E-state index contributed by atoms with van der Waals surface area (Å²) in [6, 6.07) is 14.3. The van der Waals surface area contributed by atoms with E-state index in [1.54, 1.807) is 19.2 Å². The van der Waals surface area contributed by atoms with Crippen LogP contribution in [0.5, 0.6) is 5.75 Å². The van der Waals surface area contributed by atoms with E-state index in [-0.39, 0.29) is 16.2 Å². The summed E-state index contributed by atoms with van der Waals surface area (Å²) in [4.78, 5) is 14.1. The Morgan fingerprint density at radius 1 is 1.00 bits per heavy atom. The van der Waals surface area contributed by atoms with E-state index in [4.69, 9.17) is 4.74 Å². The number of benzene rings is 2. The van der Waals surface area contributed by atoms with E-state index in [0.29, 0.717) is 25.1 Å². The lowest BCUT2D eigenvalue weighted by Gasteiger charge is -2.19. The zero-order valence-electron chi connectivity index (χ0n) is 17.2. The van der Waals surface area contributed by atoms with E-state index in [0.717, 1.165) is 12.0 Å². The molecule has 0 atom stereocenters. The van der Waals surface area contributed by atoms with Crippen LogP contribution in [0.25, 0.3) is 0 Å². The molecule has 152 valence electrons. The van der Waals surface area contributed by atoms with Crippen molar-refractivity contribution in [3.8, 4) is 5.75 Å². The van der Waals surface area contributed by atoms with Gasteiger partial charge in [-0.05, 0) is 53.8 Å². The van der Waals surface area contributed by atoms with Gasteiger partial charge in [0, 0.05) is 25.4 Å². The van der Waals surface area contributed by atoms with E-state index in [9.17, 15) is 13.2 Å². The summed E-state index contributed by atoms with van der Waals surface area (Å²) in [5.74, 6) is 0.754. The van der Waals surface area contributed by atoms with Crippen LogP contribution >= 0.6 is 0 Å². The van der Waals surface area contributed by atoms with Crippen molar-refractivity contribution in [2.45, 2.75) is 43.9 Å². The molecule has 0 bridgehead atoms. The summed E-state index contributed by atoms with van der Waals surface area (Å²) in [5, 5.41) is 0. The van der Waals surface area contributed by atoms with Gasteiger partial charge in [-0.15, -0.1) is 0 Å². The fourth-order valence-electron chi connectivity index (χ4n) is 2.69. The second kappa shape index (κ2) is 8.78. The predicted molar refractivity (Wildman–Crippen MR) is 113 cm³/mol. The Kier molecular flexibility index (Phi) is 6.88. The van der Waals surface area contributed by atoms with Crippen LogP contribution in [0.2, 0.25) is 0 Å². The van der Waals surface area contributed by atoms with E-state index in [1.807, 2.05) is 12.1 Å². The highest BCUT2D eigenvalue weighted by Crippen LogP contribution is 2.24. The lowest BCUT2D eigenvalue weighted by atomic mass is 9.87. The molecular formula is C22H29NO4S. The lowest BCUT2D eigenvalue weighted by molar-refractivity contribution is -0.118. The van der Waals surface area contributed by atoms with E-state index in [1.165, 1.54) is 22.6 Å². The van der Waals surface area contributed by atoms with Gasteiger partial charge < -0.3 is 9.64 Å². The largest absolute Gasteiger partial charge is 0.494 e. The molecule has 0 spiro atoms. The van der Waals surface area contributed by atoms with Crippen LogP contribution in [0.1, 0.15) is 39.2 Å². The third kappa shape index (κ3) is 6.09. The zero-order valence-corrected chi connectivity index (χ0v) is 18.0. The van der Waals surface area contributed by atoms with Crippen molar-refractivity contribution in [1.29, 1.82) is 0 Å². The van der Waals surface area contributed by atoms with Crippen LogP contribution in [0.4, 0.5) is 5.69 Å². The SMILES string of the molecule is CN(C(=O)CCCOc1ccc(C(C)(C)C)cc1)c1ccc(S(C)(=O)=O)cc1. The summed E-state index contributed by atoms with van der Waals surface area (Å²) in [6.07, 6.45) is 2.11. The fraction of sp³-hybridized carbons (Fsp3) is 0.409. The number of nitrogens with zero attached hydrogens (tertiary/aromatic N) is 1. The second-order valence-electron chi connectivity index (χ2n) is 7.95. The fourth-order valence-corrected chi connectivity index (χ4v) is 3.32. The van der Waals surface area contributed by atoms with Gasteiger partial charge in [-0.1, -0.05) is 32.9 Å². The van der Waals surface area contributed by atoms with Gasteiger partial charge in [0.2, 0.25) is 5.91 Å². The van der Waals surface area contributed by atoms with E-state index < -0.39 is 9.84 Å². The number of rotatable bonds is 7. The molecule has 0 heterocycles. The van der Waals surface area contributed by atoms with Gasteiger partial charge in [0.05, 0.1) is 11.5 Å². The van der Waals surface area contributed by atoms with Crippen molar-refractivity contribution >= 4 is 21.4 Å². The molecule has 0 radical (unpaired) electrons. The number of carbonyl (C=O) groups is 1. The Balaban J connectivity index is 1.82. The first-order chi connectivity index (χ1) is 13.0. The van der Waals surface area contributed by atoms with Crippen LogP contribution in [-0.4, -0.2) is 34.2 Å². The molecule has 2 aromatic carbocycles. The molecule has 0 unspecified atom stereocenters. The molecule has 6 heteroatoms. The Labute approximate surface area is 168 Å². The minimum atomic E-state index is -3.24. The van der Waals surface area contributed by atoms with Gasteiger partial charge >= 0.3 is 0 Å². The summed E-state index contributed by atoms with van der Waals surface area (Å²) in [5.41, 5.74) is 2.02.